The van der Waals surface area contributed by atoms with Crippen molar-refractivity contribution in [3.8, 4) is 22.9 Å². The third kappa shape index (κ3) is 1.79. The van der Waals surface area contributed by atoms with Crippen LogP contribution in [-0.4, -0.2) is 26.8 Å². The highest BCUT2D eigenvalue weighted by Crippen LogP contribution is 2.31. The van der Waals surface area contributed by atoms with E-state index in [1.54, 1.807) is 24.5 Å². The number of pyridine rings is 1. The van der Waals surface area contributed by atoms with E-state index in [4.69, 9.17) is 4.74 Å². The van der Waals surface area contributed by atoms with Crippen molar-refractivity contribution in [3.63, 3.8) is 0 Å². The minimum atomic E-state index is 0.117. The molecular formula is C14H13N3O2. The van der Waals surface area contributed by atoms with Crippen molar-refractivity contribution in [2.24, 2.45) is 7.05 Å². The number of rotatable bonds is 2. The van der Waals surface area contributed by atoms with Crippen molar-refractivity contribution < 1.29 is 9.84 Å². The van der Waals surface area contributed by atoms with E-state index in [2.05, 4.69) is 9.97 Å². The smallest absolute Gasteiger partial charge is 0.161 e. The van der Waals surface area contributed by atoms with Gasteiger partial charge in [0.15, 0.2) is 11.5 Å². The number of phenolic OH excluding ortho intramolecular Hbond substituents is 1. The van der Waals surface area contributed by atoms with E-state index in [1.165, 1.54) is 7.11 Å². The van der Waals surface area contributed by atoms with Gasteiger partial charge >= 0.3 is 0 Å². The van der Waals surface area contributed by atoms with Crippen LogP contribution >= 0.6 is 0 Å². The Labute approximate surface area is 110 Å². The number of nitrogens with zero attached hydrogens (tertiary/aromatic N) is 3. The van der Waals surface area contributed by atoms with Crippen LogP contribution in [0.4, 0.5) is 0 Å². The first-order valence-corrected chi connectivity index (χ1v) is 5.84. The van der Waals surface area contributed by atoms with E-state index < -0.39 is 0 Å². The van der Waals surface area contributed by atoms with Crippen LogP contribution in [-0.2, 0) is 7.05 Å². The molecule has 96 valence electrons. The fraction of sp³-hybridized carbons (Fsp3) is 0.143. The summed E-state index contributed by atoms with van der Waals surface area (Å²) in [4.78, 5) is 8.62. The van der Waals surface area contributed by atoms with Gasteiger partial charge in [0, 0.05) is 18.8 Å². The van der Waals surface area contributed by atoms with Crippen LogP contribution in [0.5, 0.6) is 11.5 Å². The number of ether oxygens (including phenoxy) is 1. The Bertz CT molecular complexity index is 750. The van der Waals surface area contributed by atoms with Gasteiger partial charge in [-0.25, -0.2) is 4.98 Å². The molecule has 0 saturated carbocycles. The zero-order valence-electron chi connectivity index (χ0n) is 10.7. The van der Waals surface area contributed by atoms with Gasteiger partial charge in [0.25, 0.3) is 0 Å². The Balaban J connectivity index is 2.21. The van der Waals surface area contributed by atoms with Crippen molar-refractivity contribution in [1.82, 2.24) is 14.5 Å². The normalized spacial score (nSPS) is 10.8. The van der Waals surface area contributed by atoms with Crippen LogP contribution in [0.1, 0.15) is 0 Å². The monoisotopic (exact) mass is 255 g/mol. The standard InChI is InChI=1S/C14H13N3O2/c1-17-11-5-6-15-8-10(11)16-14(17)9-3-4-12(18)13(7-9)19-2/h3-8,18H,1-2H3. The average Bonchev–Trinajstić information content (AvgIpc) is 2.77. The fourth-order valence-electron chi connectivity index (χ4n) is 2.13. The second-order valence-electron chi connectivity index (χ2n) is 4.25. The fourth-order valence-corrected chi connectivity index (χ4v) is 2.13. The molecule has 0 aliphatic heterocycles. The molecule has 2 aromatic heterocycles. The van der Waals surface area contributed by atoms with E-state index in [1.807, 2.05) is 23.7 Å². The molecule has 1 N–H and O–H groups in total. The molecule has 0 unspecified atom stereocenters. The van der Waals surface area contributed by atoms with E-state index in [0.717, 1.165) is 22.4 Å². The molecule has 0 spiro atoms. The number of methoxy groups -OCH3 is 1. The number of aromatic hydroxyl groups is 1. The van der Waals surface area contributed by atoms with Crippen molar-refractivity contribution in [2.45, 2.75) is 0 Å². The summed E-state index contributed by atoms with van der Waals surface area (Å²) in [6.07, 6.45) is 3.47. The van der Waals surface area contributed by atoms with Crippen LogP contribution in [0.15, 0.2) is 36.7 Å². The first kappa shape index (κ1) is 11.5. The Kier molecular flexibility index (Phi) is 2.59. The summed E-state index contributed by atoms with van der Waals surface area (Å²) in [6, 6.07) is 7.10. The van der Waals surface area contributed by atoms with Crippen LogP contribution in [0, 0.1) is 0 Å². The summed E-state index contributed by atoms with van der Waals surface area (Å²) < 4.78 is 7.11. The summed E-state index contributed by atoms with van der Waals surface area (Å²) in [7, 11) is 3.47. The van der Waals surface area contributed by atoms with Gasteiger partial charge in [0.05, 0.1) is 18.8 Å². The Morgan fingerprint density at radius 2 is 2.11 bits per heavy atom. The number of benzene rings is 1. The molecular weight excluding hydrogens is 242 g/mol. The molecule has 0 aliphatic carbocycles. The Morgan fingerprint density at radius 3 is 2.84 bits per heavy atom. The highest BCUT2D eigenvalue weighted by molar-refractivity contribution is 5.80. The quantitative estimate of drug-likeness (QED) is 0.763. The SMILES string of the molecule is COc1cc(-c2nc3cnccc3n2C)ccc1O. The molecule has 0 saturated heterocycles. The van der Waals surface area contributed by atoms with Crippen molar-refractivity contribution in [2.75, 3.05) is 7.11 Å². The second kappa shape index (κ2) is 4.28. The third-order valence-corrected chi connectivity index (χ3v) is 3.12. The number of fused-ring (bicyclic) bond motifs is 1. The number of imidazole rings is 1. The maximum Gasteiger partial charge on any atom is 0.161 e. The van der Waals surface area contributed by atoms with Crippen molar-refractivity contribution in [1.29, 1.82) is 0 Å². The second-order valence-corrected chi connectivity index (χ2v) is 4.25. The minimum Gasteiger partial charge on any atom is -0.504 e. The van der Waals surface area contributed by atoms with Gasteiger partial charge in [0.1, 0.15) is 11.3 Å². The van der Waals surface area contributed by atoms with E-state index in [9.17, 15) is 5.11 Å². The Hall–Kier alpha value is -2.56. The van der Waals surface area contributed by atoms with Gasteiger partial charge in [-0.1, -0.05) is 0 Å². The van der Waals surface area contributed by atoms with Gasteiger partial charge in [-0.15, -0.1) is 0 Å². The van der Waals surface area contributed by atoms with Crippen LogP contribution in [0.3, 0.4) is 0 Å². The van der Waals surface area contributed by atoms with E-state index >= 15 is 0 Å². The third-order valence-electron chi connectivity index (χ3n) is 3.12. The van der Waals surface area contributed by atoms with Gasteiger partial charge in [-0.2, -0.15) is 0 Å². The van der Waals surface area contributed by atoms with Crippen LogP contribution < -0.4 is 4.74 Å². The van der Waals surface area contributed by atoms with Crippen molar-refractivity contribution in [3.05, 3.63) is 36.7 Å². The molecule has 0 radical (unpaired) electrons. The van der Waals surface area contributed by atoms with Crippen LogP contribution in [0.25, 0.3) is 22.4 Å². The lowest BCUT2D eigenvalue weighted by atomic mass is 10.2. The molecule has 0 atom stereocenters. The van der Waals surface area contributed by atoms with Gasteiger partial charge in [-0.3, -0.25) is 4.98 Å². The first-order chi connectivity index (χ1) is 9.20. The molecule has 3 aromatic rings. The molecule has 0 amide bonds. The first-order valence-electron chi connectivity index (χ1n) is 5.84. The zero-order valence-corrected chi connectivity index (χ0v) is 10.7. The van der Waals surface area contributed by atoms with E-state index in [-0.39, 0.29) is 5.75 Å². The maximum absolute atomic E-state index is 9.63. The zero-order chi connectivity index (χ0) is 13.4. The highest BCUT2D eigenvalue weighted by atomic mass is 16.5. The molecule has 1 aromatic carbocycles. The minimum absolute atomic E-state index is 0.117. The topological polar surface area (TPSA) is 60.2 Å². The van der Waals surface area contributed by atoms with Gasteiger partial charge < -0.3 is 14.4 Å². The summed E-state index contributed by atoms with van der Waals surface area (Å²) >= 11 is 0. The van der Waals surface area contributed by atoms with Crippen LogP contribution in [0.2, 0.25) is 0 Å². The largest absolute Gasteiger partial charge is 0.504 e. The number of aromatic nitrogens is 3. The lowest BCUT2D eigenvalue weighted by Gasteiger charge is -2.06. The molecule has 0 bridgehead atoms. The number of hydrogen-bond donors (Lipinski definition) is 1. The lowest BCUT2D eigenvalue weighted by molar-refractivity contribution is 0.373. The predicted octanol–water partition coefficient (Wildman–Crippen LogP) is 2.35. The number of phenols is 1. The number of hydrogen-bond acceptors (Lipinski definition) is 4. The summed E-state index contributed by atoms with van der Waals surface area (Å²) in [6.45, 7) is 0. The predicted molar refractivity (Wildman–Crippen MR) is 72.2 cm³/mol. The summed E-state index contributed by atoms with van der Waals surface area (Å²) in [5, 5.41) is 9.63. The molecule has 5 heteroatoms. The lowest BCUT2D eigenvalue weighted by Crippen LogP contribution is -1.93. The molecule has 0 aliphatic rings. The molecule has 19 heavy (non-hydrogen) atoms. The average molecular weight is 255 g/mol. The molecule has 0 fully saturated rings. The molecule has 2 heterocycles. The highest BCUT2D eigenvalue weighted by Gasteiger charge is 2.11. The number of aryl methyl sites for hydroxylation is 1. The molecule has 3 rings (SSSR count). The van der Waals surface area contributed by atoms with Crippen molar-refractivity contribution >= 4 is 11.0 Å². The molecule has 5 nitrogen and oxygen atoms in total. The summed E-state index contributed by atoms with van der Waals surface area (Å²) in [5.41, 5.74) is 2.73. The van der Waals surface area contributed by atoms with Gasteiger partial charge in [-0.05, 0) is 24.3 Å². The Morgan fingerprint density at radius 1 is 1.26 bits per heavy atom. The van der Waals surface area contributed by atoms with E-state index in [0.29, 0.717) is 5.75 Å². The maximum atomic E-state index is 9.63. The summed E-state index contributed by atoms with van der Waals surface area (Å²) in [5.74, 6) is 1.36. The van der Waals surface area contributed by atoms with Gasteiger partial charge in [0.2, 0.25) is 0 Å².